The van der Waals surface area contributed by atoms with Crippen LogP contribution in [-0.2, 0) is 0 Å². The van der Waals surface area contributed by atoms with Crippen molar-refractivity contribution < 1.29 is 5.11 Å². The smallest absolute Gasteiger partial charge is 0.0488 e. The number of aliphatic hydroxyl groups is 1. The van der Waals surface area contributed by atoms with Gasteiger partial charge in [-0.2, -0.15) is 0 Å². The van der Waals surface area contributed by atoms with E-state index in [9.17, 15) is 5.11 Å². The van der Waals surface area contributed by atoms with Crippen molar-refractivity contribution in [3.63, 3.8) is 0 Å². The summed E-state index contributed by atoms with van der Waals surface area (Å²) in [6.07, 6.45) is 4.40. The lowest BCUT2D eigenvalue weighted by Gasteiger charge is -2.41. The Morgan fingerprint density at radius 2 is 2.16 bits per heavy atom. The third kappa shape index (κ3) is 3.48. The van der Waals surface area contributed by atoms with Gasteiger partial charge in [-0.1, -0.05) is 36.2 Å². The van der Waals surface area contributed by atoms with Crippen molar-refractivity contribution in [3.05, 3.63) is 34.9 Å². The van der Waals surface area contributed by atoms with Gasteiger partial charge in [0.2, 0.25) is 0 Å². The molecule has 2 atom stereocenters. The van der Waals surface area contributed by atoms with Crippen LogP contribution in [0, 0.1) is 0 Å². The number of piperidine rings is 1. The normalized spacial score (nSPS) is 22.4. The van der Waals surface area contributed by atoms with Crippen molar-refractivity contribution in [2.24, 2.45) is 5.73 Å². The van der Waals surface area contributed by atoms with Gasteiger partial charge >= 0.3 is 0 Å². The molecule has 1 aliphatic heterocycles. The van der Waals surface area contributed by atoms with Crippen molar-refractivity contribution >= 4 is 11.6 Å². The SMILES string of the molecule is NCC(c1ccccc1Cl)N1CCCCC1CCO. The van der Waals surface area contributed by atoms with Gasteiger partial charge in [0.25, 0.3) is 0 Å². The highest BCUT2D eigenvalue weighted by atomic mass is 35.5. The lowest BCUT2D eigenvalue weighted by molar-refractivity contribution is 0.0783. The molecular formula is C15H23ClN2O. The summed E-state index contributed by atoms with van der Waals surface area (Å²) >= 11 is 6.31. The second-order valence-electron chi connectivity index (χ2n) is 5.17. The molecule has 1 aromatic carbocycles. The maximum atomic E-state index is 9.23. The average molecular weight is 283 g/mol. The third-order valence-electron chi connectivity index (χ3n) is 4.02. The first-order valence-corrected chi connectivity index (χ1v) is 7.46. The van der Waals surface area contributed by atoms with E-state index in [1.165, 1.54) is 12.8 Å². The predicted molar refractivity (Wildman–Crippen MR) is 79.3 cm³/mol. The Kier molecular flexibility index (Phi) is 5.64. The van der Waals surface area contributed by atoms with Gasteiger partial charge in [0.15, 0.2) is 0 Å². The fourth-order valence-corrected chi connectivity index (χ4v) is 3.34. The predicted octanol–water partition coefficient (Wildman–Crippen LogP) is 2.58. The van der Waals surface area contributed by atoms with Crippen molar-refractivity contribution in [2.75, 3.05) is 19.7 Å². The molecule has 0 amide bonds. The molecule has 3 N–H and O–H groups in total. The number of benzene rings is 1. The second kappa shape index (κ2) is 7.25. The van der Waals surface area contributed by atoms with Crippen LogP contribution in [0.5, 0.6) is 0 Å². The van der Waals surface area contributed by atoms with E-state index in [2.05, 4.69) is 11.0 Å². The Morgan fingerprint density at radius 1 is 1.37 bits per heavy atom. The van der Waals surface area contributed by atoms with Crippen LogP contribution in [0.4, 0.5) is 0 Å². The standard InChI is InChI=1S/C15H23ClN2O/c16-14-7-2-1-6-13(14)15(11-17)18-9-4-3-5-12(18)8-10-19/h1-2,6-7,12,15,19H,3-5,8-11,17H2. The summed E-state index contributed by atoms with van der Waals surface area (Å²) < 4.78 is 0. The molecule has 2 unspecified atom stereocenters. The molecule has 1 fully saturated rings. The topological polar surface area (TPSA) is 49.5 Å². The first kappa shape index (κ1) is 14.8. The van der Waals surface area contributed by atoms with Crippen LogP contribution < -0.4 is 5.73 Å². The zero-order valence-corrected chi connectivity index (χ0v) is 12.0. The lowest BCUT2D eigenvalue weighted by atomic mass is 9.94. The molecule has 1 aliphatic rings. The van der Waals surface area contributed by atoms with Gasteiger partial charge in [0.1, 0.15) is 0 Å². The fraction of sp³-hybridized carbons (Fsp3) is 0.600. The van der Waals surface area contributed by atoms with Crippen LogP contribution in [-0.4, -0.2) is 35.7 Å². The molecule has 3 nitrogen and oxygen atoms in total. The van der Waals surface area contributed by atoms with Crippen LogP contribution in [0.1, 0.15) is 37.3 Å². The second-order valence-corrected chi connectivity index (χ2v) is 5.58. The first-order valence-electron chi connectivity index (χ1n) is 7.09. The Bertz CT molecular complexity index is 397. The number of rotatable bonds is 5. The number of nitrogens with zero attached hydrogens (tertiary/aromatic N) is 1. The van der Waals surface area contributed by atoms with E-state index in [1.807, 2.05) is 18.2 Å². The zero-order valence-electron chi connectivity index (χ0n) is 11.3. The van der Waals surface area contributed by atoms with E-state index < -0.39 is 0 Å². The molecule has 0 bridgehead atoms. The highest BCUT2D eigenvalue weighted by Crippen LogP contribution is 2.32. The van der Waals surface area contributed by atoms with Gasteiger partial charge in [-0.05, 0) is 37.4 Å². The van der Waals surface area contributed by atoms with Gasteiger partial charge in [-0.3, -0.25) is 4.90 Å². The maximum absolute atomic E-state index is 9.23. The van der Waals surface area contributed by atoms with Crippen molar-refractivity contribution in [2.45, 2.75) is 37.8 Å². The Balaban J connectivity index is 2.22. The molecule has 1 saturated heterocycles. The summed E-state index contributed by atoms with van der Waals surface area (Å²) in [5, 5.41) is 10.0. The van der Waals surface area contributed by atoms with Gasteiger partial charge in [-0.15, -0.1) is 0 Å². The van der Waals surface area contributed by atoms with Crippen LogP contribution in [0.3, 0.4) is 0 Å². The van der Waals surface area contributed by atoms with Crippen molar-refractivity contribution in [1.29, 1.82) is 0 Å². The molecule has 106 valence electrons. The van der Waals surface area contributed by atoms with Crippen LogP contribution in [0.15, 0.2) is 24.3 Å². The van der Waals surface area contributed by atoms with E-state index in [-0.39, 0.29) is 12.6 Å². The molecule has 0 saturated carbocycles. The number of hydrogen-bond donors (Lipinski definition) is 2. The third-order valence-corrected chi connectivity index (χ3v) is 4.37. The average Bonchev–Trinajstić information content (AvgIpc) is 2.44. The fourth-order valence-electron chi connectivity index (χ4n) is 3.08. The summed E-state index contributed by atoms with van der Waals surface area (Å²) in [6.45, 7) is 1.84. The van der Waals surface area contributed by atoms with Crippen LogP contribution >= 0.6 is 11.6 Å². The monoisotopic (exact) mass is 282 g/mol. The van der Waals surface area contributed by atoms with E-state index >= 15 is 0 Å². The minimum atomic E-state index is 0.158. The molecule has 0 aromatic heterocycles. The molecule has 0 radical (unpaired) electrons. The van der Waals surface area contributed by atoms with E-state index in [1.54, 1.807) is 0 Å². The van der Waals surface area contributed by atoms with Gasteiger partial charge in [0, 0.05) is 30.3 Å². The summed E-state index contributed by atoms with van der Waals surface area (Å²) in [5.74, 6) is 0. The number of nitrogens with two attached hydrogens (primary N) is 1. The molecule has 19 heavy (non-hydrogen) atoms. The van der Waals surface area contributed by atoms with E-state index in [0.717, 1.165) is 30.0 Å². The molecular weight excluding hydrogens is 260 g/mol. The maximum Gasteiger partial charge on any atom is 0.0488 e. The molecule has 2 rings (SSSR count). The van der Waals surface area contributed by atoms with Gasteiger partial charge in [-0.25, -0.2) is 0 Å². The molecule has 0 spiro atoms. The highest BCUT2D eigenvalue weighted by molar-refractivity contribution is 6.31. The van der Waals surface area contributed by atoms with Crippen LogP contribution in [0.25, 0.3) is 0 Å². The number of aliphatic hydroxyl groups excluding tert-OH is 1. The Morgan fingerprint density at radius 3 is 2.84 bits per heavy atom. The number of hydrogen-bond acceptors (Lipinski definition) is 3. The van der Waals surface area contributed by atoms with E-state index in [4.69, 9.17) is 17.3 Å². The summed E-state index contributed by atoms with van der Waals surface area (Å²) in [7, 11) is 0. The summed E-state index contributed by atoms with van der Waals surface area (Å²) in [5.41, 5.74) is 7.11. The van der Waals surface area contributed by atoms with E-state index in [0.29, 0.717) is 12.6 Å². The summed E-state index contributed by atoms with van der Waals surface area (Å²) in [4.78, 5) is 2.43. The quantitative estimate of drug-likeness (QED) is 0.873. The lowest BCUT2D eigenvalue weighted by Crippen LogP contribution is -2.45. The molecule has 1 aromatic rings. The van der Waals surface area contributed by atoms with Crippen molar-refractivity contribution in [1.82, 2.24) is 4.90 Å². The van der Waals surface area contributed by atoms with Crippen molar-refractivity contribution in [3.8, 4) is 0 Å². The minimum absolute atomic E-state index is 0.158. The Labute approximate surface area is 120 Å². The van der Waals surface area contributed by atoms with Gasteiger partial charge in [0.05, 0.1) is 0 Å². The largest absolute Gasteiger partial charge is 0.396 e. The molecule has 1 heterocycles. The minimum Gasteiger partial charge on any atom is -0.396 e. The highest BCUT2D eigenvalue weighted by Gasteiger charge is 2.29. The van der Waals surface area contributed by atoms with Crippen LogP contribution in [0.2, 0.25) is 5.02 Å². The van der Waals surface area contributed by atoms with Gasteiger partial charge < -0.3 is 10.8 Å². The first-order chi connectivity index (χ1) is 9.27. The number of likely N-dealkylation sites (tertiary alicyclic amines) is 1. The number of halogens is 1. The summed E-state index contributed by atoms with van der Waals surface area (Å²) in [6, 6.07) is 8.51. The zero-order chi connectivity index (χ0) is 13.7. The molecule has 0 aliphatic carbocycles. The molecule has 4 heteroatoms. The Hall–Kier alpha value is -0.610.